The van der Waals surface area contributed by atoms with Crippen LogP contribution in [0.2, 0.25) is 0 Å². The fourth-order valence-electron chi connectivity index (χ4n) is 6.94. The lowest BCUT2D eigenvalue weighted by molar-refractivity contribution is 1.62. The second kappa shape index (κ2) is 14.5. The Kier molecular flexibility index (Phi) is 9.37. The zero-order valence-corrected chi connectivity index (χ0v) is 28.9. The van der Waals surface area contributed by atoms with E-state index in [-0.39, 0.29) is 0 Å². The van der Waals surface area contributed by atoms with Gasteiger partial charge in [0.2, 0.25) is 0 Å². The van der Waals surface area contributed by atoms with E-state index >= 15 is 0 Å². The van der Waals surface area contributed by atoms with Crippen LogP contribution in [0.25, 0.3) is 12.2 Å². The average molecular weight is 647 g/mol. The molecule has 0 saturated heterocycles. The molecule has 7 aromatic carbocycles. The van der Waals surface area contributed by atoms with Crippen molar-refractivity contribution >= 4 is 59.4 Å². The Morgan fingerprint density at radius 2 is 0.417 bits per heavy atom. The monoisotopic (exact) mass is 646 g/mol. The molecule has 0 aliphatic rings. The molecule has 0 radical (unpaired) electrons. The van der Waals surface area contributed by atoms with Gasteiger partial charge in [-0.05, 0) is 42.2 Å². The molecule has 0 heterocycles. The summed E-state index contributed by atoms with van der Waals surface area (Å²) in [4.78, 5) is 0. The van der Waals surface area contributed by atoms with Crippen LogP contribution in [0.4, 0.5) is 0 Å². The van der Waals surface area contributed by atoms with Crippen molar-refractivity contribution in [1.29, 1.82) is 0 Å². The minimum atomic E-state index is -2.46. The topological polar surface area (TPSA) is 0 Å². The molecule has 0 fully saturated rings. The molecular formula is C46H38Si2. The van der Waals surface area contributed by atoms with Crippen LogP contribution in [0.15, 0.2) is 218 Å². The molecule has 0 unspecified atom stereocenters. The van der Waals surface area contributed by atoms with Gasteiger partial charge in [-0.25, -0.2) is 0 Å². The van der Waals surface area contributed by atoms with Gasteiger partial charge in [0, 0.05) is 0 Å². The zero-order valence-electron chi connectivity index (χ0n) is 26.9. The molecule has 2 heteroatoms. The highest BCUT2D eigenvalue weighted by atomic mass is 28.3. The highest BCUT2D eigenvalue weighted by molar-refractivity contribution is 7.15. The molecule has 0 atom stereocenters. The molecule has 0 saturated carbocycles. The first-order valence-corrected chi connectivity index (χ1v) is 20.8. The maximum absolute atomic E-state index is 2.51. The van der Waals surface area contributed by atoms with E-state index in [9.17, 15) is 0 Å². The molecule has 0 bridgehead atoms. The van der Waals surface area contributed by atoms with Crippen molar-refractivity contribution in [2.45, 2.75) is 0 Å². The van der Waals surface area contributed by atoms with Crippen molar-refractivity contribution in [2.75, 3.05) is 0 Å². The van der Waals surface area contributed by atoms with Crippen LogP contribution >= 0.6 is 0 Å². The summed E-state index contributed by atoms with van der Waals surface area (Å²) in [5.41, 5.74) is 7.42. The molecule has 0 aromatic heterocycles. The molecule has 7 rings (SSSR count). The summed E-state index contributed by atoms with van der Waals surface area (Å²) in [6.07, 6.45) is 4.67. The predicted octanol–water partition coefficient (Wildman–Crippen LogP) is 7.13. The first-order chi connectivity index (χ1) is 23.8. The minimum Gasteiger partial charge on any atom is -0.0812 e. The van der Waals surface area contributed by atoms with Gasteiger partial charge in [0.1, 0.15) is 0 Å². The van der Waals surface area contributed by atoms with E-state index in [1.54, 1.807) is 0 Å². The lowest BCUT2D eigenvalue weighted by atomic mass is 10.1. The van der Waals surface area contributed by atoms with Crippen LogP contribution < -0.4 is 31.1 Å². The van der Waals surface area contributed by atoms with E-state index < -0.39 is 16.1 Å². The van der Waals surface area contributed by atoms with Gasteiger partial charge >= 0.3 is 0 Å². The van der Waals surface area contributed by atoms with E-state index in [1.165, 1.54) is 42.2 Å². The number of hydrogen-bond donors (Lipinski definition) is 0. The summed E-state index contributed by atoms with van der Waals surface area (Å²) in [7, 11) is -4.92. The van der Waals surface area contributed by atoms with Gasteiger partial charge in [0.15, 0.2) is 16.1 Å². The third-order valence-corrected chi connectivity index (χ3v) is 18.2. The van der Waals surface area contributed by atoms with Crippen molar-refractivity contribution in [3.63, 3.8) is 0 Å². The third-order valence-electron chi connectivity index (χ3n) is 9.36. The smallest absolute Gasteiger partial charge is 0.0812 e. The highest BCUT2D eigenvalue weighted by Gasteiger charge is 2.37. The molecule has 0 aliphatic carbocycles. The van der Waals surface area contributed by atoms with Crippen LogP contribution in [-0.2, 0) is 0 Å². The minimum absolute atomic E-state index is 1.20. The standard InChI is InChI=1S/C46H38Si2/c1-7-19-41(20-8-1)47(42-21-9-2-10-22-42,43-23-11-3-12-24-43)37-35-39-31-33-40(34-32-39)36-38-48(44-25-13-4-14-26-44,45-27-15-5-16-28-45)46-29-17-6-18-30-46/h1-38H. The van der Waals surface area contributed by atoms with Crippen LogP contribution in [0.3, 0.4) is 0 Å². The summed E-state index contributed by atoms with van der Waals surface area (Å²) < 4.78 is 0. The molecule has 0 spiro atoms. The Balaban J connectivity index is 1.29. The van der Waals surface area contributed by atoms with Gasteiger partial charge in [-0.15, -0.1) is 0 Å². The molecule has 48 heavy (non-hydrogen) atoms. The summed E-state index contributed by atoms with van der Waals surface area (Å²) in [6.45, 7) is 0. The van der Waals surface area contributed by atoms with Crippen LogP contribution in [0.1, 0.15) is 11.1 Å². The predicted molar refractivity (Wildman–Crippen MR) is 212 cm³/mol. The summed E-state index contributed by atoms with van der Waals surface area (Å²) in [5.74, 6) is 0. The highest BCUT2D eigenvalue weighted by Crippen LogP contribution is 2.16. The van der Waals surface area contributed by atoms with Crippen LogP contribution in [-0.4, -0.2) is 16.1 Å². The first-order valence-electron chi connectivity index (χ1n) is 16.6. The van der Waals surface area contributed by atoms with Crippen LogP contribution in [0, 0.1) is 0 Å². The van der Waals surface area contributed by atoms with Gasteiger partial charge in [0.05, 0.1) is 0 Å². The van der Waals surface area contributed by atoms with Gasteiger partial charge in [-0.2, -0.15) is 0 Å². The second-order valence-electron chi connectivity index (χ2n) is 12.1. The number of benzene rings is 7. The van der Waals surface area contributed by atoms with Crippen LogP contribution in [0.5, 0.6) is 0 Å². The molecule has 0 N–H and O–H groups in total. The fraction of sp³-hybridized carbons (Fsp3) is 0. The van der Waals surface area contributed by atoms with Gasteiger partial charge in [-0.3, -0.25) is 0 Å². The molecular weight excluding hydrogens is 609 g/mol. The summed E-state index contributed by atoms with van der Waals surface area (Å²) >= 11 is 0. The SMILES string of the molecule is C(=C[Si](c1ccccc1)(c1ccccc1)c1ccccc1)c1ccc(C=C[Si](c2ccccc2)(c2ccccc2)c2ccccc2)cc1. The van der Waals surface area contributed by atoms with E-state index in [1.807, 2.05) is 0 Å². The molecule has 7 aromatic rings. The lowest BCUT2D eigenvalue weighted by Gasteiger charge is -2.31. The number of hydrogen-bond acceptors (Lipinski definition) is 0. The third kappa shape index (κ3) is 6.24. The van der Waals surface area contributed by atoms with E-state index in [0.29, 0.717) is 0 Å². The van der Waals surface area contributed by atoms with Gasteiger partial charge < -0.3 is 0 Å². The molecule has 0 amide bonds. The first kappa shape index (κ1) is 31.1. The molecule has 230 valence electrons. The second-order valence-corrected chi connectivity index (χ2v) is 19.5. The van der Waals surface area contributed by atoms with E-state index in [2.05, 4.69) is 230 Å². The summed E-state index contributed by atoms with van der Waals surface area (Å²) in [6, 6.07) is 75.3. The molecule has 0 nitrogen and oxygen atoms in total. The lowest BCUT2D eigenvalue weighted by Crippen LogP contribution is -2.66. The normalized spacial score (nSPS) is 12.0. The Morgan fingerprint density at radius 3 is 0.604 bits per heavy atom. The number of rotatable bonds is 10. The van der Waals surface area contributed by atoms with Crippen molar-refractivity contribution in [2.24, 2.45) is 0 Å². The van der Waals surface area contributed by atoms with Gasteiger partial charge in [0.25, 0.3) is 0 Å². The zero-order chi connectivity index (χ0) is 32.5. The maximum atomic E-state index is 2.51. The van der Waals surface area contributed by atoms with E-state index in [0.717, 1.165) is 0 Å². The largest absolute Gasteiger partial charge is 0.172 e. The Bertz CT molecular complexity index is 1720. The van der Waals surface area contributed by atoms with Crippen molar-refractivity contribution in [1.82, 2.24) is 0 Å². The maximum Gasteiger partial charge on any atom is 0.172 e. The van der Waals surface area contributed by atoms with Gasteiger partial charge in [-0.1, -0.05) is 230 Å². The Hall–Kier alpha value is -5.55. The summed E-state index contributed by atoms with van der Waals surface area (Å²) in [5, 5.41) is 8.26. The molecule has 0 aliphatic heterocycles. The quantitative estimate of drug-likeness (QED) is 0.110. The van der Waals surface area contributed by atoms with Crippen molar-refractivity contribution in [3.05, 3.63) is 229 Å². The Morgan fingerprint density at radius 1 is 0.229 bits per heavy atom. The Labute approximate surface area is 287 Å². The average Bonchev–Trinajstić information content (AvgIpc) is 3.18. The fourth-order valence-corrected chi connectivity index (χ4v) is 15.3. The van der Waals surface area contributed by atoms with E-state index in [4.69, 9.17) is 0 Å². The van der Waals surface area contributed by atoms with Crippen molar-refractivity contribution < 1.29 is 0 Å². The van der Waals surface area contributed by atoms with Crippen molar-refractivity contribution in [3.8, 4) is 0 Å².